The van der Waals surface area contributed by atoms with Crippen LogP contribution in [0.15, 0.2) is 0 Å². The molecule has 0 aromatic carbocycles. The second kappa shape index (κ2) is 3.83. The lowest BCUT2D eigenvalue weighted by atomic mass is 10.9. The van der Waals surface area contributed by atoms with Gasteiger partial charge in [0.05, 0.1) is 14.1 Å². The van der Waals surface area contributed by atoms with Crippen molar-refractivity contribution in [2.24, 2.45) is 0 Å². The van der Waals surface area contributed by atoms with Gasteiger partial charge in [-0.15, -0.1) is 0 Å². The fraction of sp³-hybridized carbons (Fsp3) is 1.00. The molecule has 0 bridgehead atoms. The van der Waals surface area contributed by atoms with Gasteiger partial charge in [0, 0.05) is 14.2 Å². The first-order chi connectivity index (χ1) is 3.72. The molecule has 8 heavy (non-hydrogen) atoms. The highest BCUT2D eigenvalue weighted by atomic mass is 16.7. The molecule has 0 aromatic heterocycles. The third kappa shape index (κ3) is 2.26. The zero-order valence-corrected chi connectivity index (χ0v) is 5.89. The van der Waals surface area contributed by atoms with Crippen molar-refractivity contribution in [2.45, 2.75) is 6.41 Å². The summed E-state index contributed by atoms with van der Waals surface area (Å²) in [7, 11) is 7.19. The topological polar surface area (TPSA) is 22.9 Å². The zero-order chi connectivity index (χ0) is 6.57. The summed E-state index contributed by atoms with van der Waals surface area (Å²) in [6.45, 7) is 0. The predicted molar refractivity (Wildman–Crippen MR) is 30.6 cm³/mol. The number of rotatable bonds is 3. The molecule has 3 nitrogen and oxygen atoms in total. The van der Waals surface area contributed by atoms with E-state index in [1.165, 1.54) is 0 Å². The Hall–Kier alpha value is -0.120. The van der Waals surface area contributed by atoms with E-state index in [0.29, 0.717) is 0 Å². The Morgan fingerprint density at radius 2 is 1.50 bits per heavy atom. The van der Waals surface area contributed by atoms with Crippen LogP contribution in [0.3, 0.4) is 0 Å². The molecule has 50 valence electrons. The summed E-state index contributed by atoms with van der Waals surface area (Å²) in [6.07, 6.45) is -0.130. The molecule has 0 atom stereocenters. The van der Waals surface area contributed by atoms with Crippen molar-refractivity contribution in [1.29, 1.82) is 0 Å². The highest BCUT2D eigenvalue weighted by molar-refractivity contribution is 4.05. The Balaban J connectivity index is 3.35. The molecule has 0 saturated heterocycles. The van der Waals surface area contributed by atoms with Gasteiger partial charge in [-0.25, -0.2) is 0 Å². The molecule has 0 spiro atoms. The van der Waals surface area contributed by atoms with Gasteiger partial charge in [0.2, 0.25) is 0 Å². The summed E-state index contributed by atoms with van der Waals surface area (Å²) in [5, 5.41) is 0. The third-order valence-electron chi connectivity index (χ3n) is 0.900. The fourth-order valence-corrected chi connectivity index (χ4v) is 0.568. The van der Waals surface area contributed by atoms with Gasteiger partial charge in [-0.2, -0.15) is 0 Å². The van der Waals surface area contributed by atoms with Crippen LogP contribution in [-0.4, -0.2) is 34.7 Å². The summed E-state index contributed by atoms with van der Waals surface area (Å²) in [5.74, 6) is 0. The number of hydrogen-bond acceptors (Lipinski definition) is 2. The first kappa shape index (κ1) is 7.88. The van der Waals surface area contributed by atoms with Crippen LogP contribution < -0.4 is 4.90 Å². The standard InChI is InChI=1S/C5H13NO2/c1-6(2)5(7-3)8-4/h5H,1-4H3/p+1. The second-order valence-electron chi connectivity index (χ2n) is 1.88. The molecule has 0 radical (unpaired) electrons. The maximum atomic E-state index is 4.90. The molecule has 0 heterocycles. The van der Waals surface area contributed by atoms with E-state index in [1.807, 2.05) is 14.1 Å². The van der Waals surface area contributed by atoms with Crippen LogP contribution in [0.2, 0.25) is 0 Å². The van der Waals surface area contributed by atoms with Gasteiger partial charge < -0.3 is 9.47 Å². The van der Waals surface area contributed by atoms with E-state index in [4.69, 9.17) is 9.47 Å². The van der Waals surface area contributed by atoms with Crippen molar-refractivity contribution in [3.05, 3.63) is 0 Å². The van der Waals surface area contributed by atoms with Gasteiger partial charge in [-0.3, -0.25) is 4.90 Å². The lowest BCUT2D eigenvalue weighted by Gasteiger charge is -2.16. The van der Waals surface area contributed by atoms with Crippen molar-refractivity contribution in [2.75, 3.05) is 28.3 Å². The van der Waals surface area contributed by atoms with Gasteiger partial charge in [0.25, 0.3) is 0 Å². The molecule has 3 heteroatoms. The minimum atomic E-state index is -0.130. The number of nitrogens with one attached hydrogen (secondary N) is 1. The second-order valence-corrected chi connectivity index (χ2v) is 1.88. The van der Waals surface area contributed by atoms with E-state index in [9.17, 15) is 0 Å². The van der Waals surface area contributed by atoms with Gasteiger partial charge in [0.15, 0.2) is 0 Å². The lowest BCUT2D eigenvalue weighted by molar-refractivity contribution is -0.937. The maximum Gasteiger partial charge on any atom is 0.306 e. The summed E-state index contributed by atoms with van der Waals surface area (Å²) in [5.41, 5.74) is 0. The molecular formula is C5H14NO2+. The van der Waals surface area contributed by atoms with Crippen LogP contribution in [0.5, 0.6) is 0 Å². The van der Waals surface area contributed by atoms with E-state index in [1.54, 1.807) is 14.2 Å². The minimum Gasteiger partial charge on any atom is -0.309 e. The highest BCUT2D eigenvalue weighted by Crippen LogP contribution is 1.73. The Labute approximate surface area is 50.2 Å². The molecule has 0 fully saturated rings. The van der Waals surface area contributed by atoms with E-state index < -0.39 is 0 Å². The summed E-state index contributed by atoms with van der Waals surface area (Å²) in [6, 6.07) is 0. The number of quaternary nitrogens is 1. The quantitative estimate of drug-likeness (QED) is 0.468. The average molecular weight is 120 g/mol. The molecular weight excluding hydrogens is 106 g/mol. The van der Waals surface area contributed by atoms with Crippen molar-refractivity contribution >= 4 is 0 Å². The molecule has 0 rings (SSSR count). The normalized spacial score (nSPS) is 11.2. The Kier molecular flexibility index (Phi) is 3.77. The van der Waals surface area contributed by atoms with Crippen LogP contribution >= 0.6 is 0 Å². The summed E-state index contributed by atoms with van der Waals surface area (Å²) < 4.78 is 9.80. The van der Waals surface area contributed by atoms with E-state index in [-0.39, 0.29) is 6.41 Å². The van der Waals surface area contributed by atoms with Gasteiger partial charge >= 0.3 is 6.41 Å². The van der Waals surface area contributed by atoms with E-state index in [2.05, 4.69) is 0 Å². The number of hydrogen-bond donors (Lipinski definition) is 1. The lowest BCUT2D eigenvalue weighted by Crippen LogP contribution is -3.10. The molecule has 0 amide bonds. The van der Waals surface area contributed by atoms with Crippen LogP contribution in [0, 0.1) is 0 Å². The average Bonchev–Trinajstić information content (AvgIpc) is 1.69. The molecule has 0 aliphatic rings. The molecule has 0 saturated carbocycles. The number of ether oxygens (including phenoxy) is 2. The van der Waals surface area contributed by atoms with Crippen LogP contribution in [0.25, 0.3) is 0 Å². The van der Waals surface area contributed by atoms with Crippen LogP contribution in [0.4, 0.5) is 0 Å². The van der Waals surface area contributed by atoms with Crippen molar-refractivity contribution < 1.29 is 14.4 Å². The van der Waals surface area contributed by atoms with E-state index >= 15 is 0 Å². The molecule has 0 aliphatic heterocycles. The fourth-order valence-electron chi connectivity index (χ4n) is 0.568. The van der Waals surface area contributed by atoms with Gasteiger partial charge in [-0.1, -0.05) is 0 Å². The molecule has 0 aromatic rings. The molecule has 0 aliphatic carbocycles. The Morgan fingerprint density at radius 3 is 1.50 bits per heavy atom. The van der Waals surface area contributed by atoms with Crippen LogP contribution in [0.1, 0.15) is 0 Å². The Morgan fingerprint density at radius 1 is 1.12 bits per heavy atom. The minimum absolute atomic E-state index is 0.130. The van der Waals surface area contributed by atoms with E-state index in [0.717, 1.165) is 4.90 Å². The summed E-state index contributed by atoms with van der Waals surface area (Å²) >= 11 is 0. The first-order valence-corrected chi connectivity index (χ1v) is 2.58. The zero-order valence-electron chi connectivity index (χ0n) is 5.89. The smallest absolute Gasteiger partial charge is 0.306 e. The highest BCUT2D eigenvalue weighted by Gasteiger charge is 2.09. The Bertz CT molecular complexity index is 52.4. The largest absolute Gasteiger partial charge is 0.309 e. The predicted octanol–water partition coefficient (Wildman–Crippen LogP) is -1.29. The van der Waals surface area contributed by atoms with Crippen molar-refractivity contribution in [1.82, 2.24) is 0 Å². The number of methoxy groups -OCH3 is 2. The monoisotopic (exact) mass is 120 g/mol. The maximum absolute atomic E-state index is 4.90. The first-order valence-electron chi connectivity index (χ1n) is 2.58. The van der Waals surface area contributed by atoms with Crippen molar-refractivity contribution in [3.63, 3.8) is 0 Å². The van der Waals surface area contributed by atoms with Crippen LogP contribution in [-0.2, 0) is 9.47 Å². The third-order valence-corrected chi connectivity index (χ3v) is 0.900. The summed E-state index contributed by atoms with van der Waals surface area (Å²) in [4.78, 5) is 1.13. The SMILES string of the molecule is COC(OC)[NH+](C)C. The van der Waals surface area contributed by atoms with Gasteiger partial charge in [-0.05, 0) is 0 Å². The molecule has 0 unspecified atom stereocenters. The van der Waals surface area contributed by atoms with Gasteiger partial charge in [0.1, 0.15) is 0 Å². The molecule has 1 N–H and O–H groups in total. The van der Waals surface area contributed by atoms with Crippen molar-refractivity contribution in [3.8, 4) is 0 Å².